The molecule has 1 radical (unpaired) electrons. The molecule has 0 bridgehead atoms. The highest BCUT2D eigenvalue weighted by molar-refractivity contribution is 6.15. The minimum Gasteiger partial charge on any atom is -0.103 e. The number of unbranched alkanes of at least 4 members (excludes halogenated alkanes) is 1. The van der Waals surface area contributed by atoms with Gasteiger partial charge in [-0.25, -0.2) is 0 Å². The Morgan fingerprint density at radius 3 is 2.08 bits per heavy atom. The summed E-state index contributed by atoms with van der Waals surface area (Å²) in [6.07, 6.45) is 10.2. The topological polar surface area (TPSA) is 0 Å². The molecule has 0 aliphatic heterocycles. The van der Waals surface area contributed by atoms with Gasteiger partial charge in [0.2, 0.25) is 0 Å². The molecule has 0 saturated heterocycles. The van der Waals surface area contributed by atoms with Crippen LogP contribution < -0.4 is 0 Å². The SMILES string of the molecule is C=CCC([CH][SiH3])(CC=C)CCCC. The van der Waals surface area contributed by atoms with E-state index in [1.54, 1.807) is 0 Å². The van der Waals surface area contributed by atoms with E-state index >= 15 is 0 Å². The van der Waals surface area contributed by atoms with Crippen molar-refractivity contribution in [3.63, 3.8) is 0 Å². The van der Waals surface area contributed by atoms with Crippen LogP contribution in [0.1, 0.15) is 39.0 Å². The number of allylic oxidation sites excluding steroid dienone is 2. The molecule has 0 spiro atoms. The second-order valence-electron chi connectivity index (χ2n) is 3.74. The Hall–Kier alpha value is -0.303. The maximum absolute atomic E-state index is 3.84. The van der Waals surface area contributed by atoms with Crippen LogP contribution in [0.2, 0.25) is 0 Å². The zero-order chi connectivity index (χ0) is 10.2. The fraction of sp³-hybridized carbons (Fsp3) is 0.583. The van der Waals surface area contributed by atoms with Crippen molar-refractivity contribution < 1.29 is 0 Å². The lowest BCUT2D eigenvalue weighted by Gasteiger charge is -2.30. The van der Waals surface area contributed by atoms with Crippen molar-refractivity contribution in [1.82, 2.24) is 0 Å². The minimum atomic E-state index is 0.395. The Bertz CT molecular complexity index is 139. The van der Waals surface area contributed by atoms with Gasteiger partial charge in [-0.1, -0.05) is 31.9 Å². The third kappa shape index (κ3) is 4.46. The molecule has 0 saturated carbocycles. The normalized spacial score (nSPS) is 11.5. The van der Waals surface area contributed by atoms with Crippen LogP contribution in [0.15, 0.2) is 25.3 Å². The van der Waals surface area contributed by atoms with E-state index in [2.05, 4.69) is 26.1 Å². The van der Waals surface area contributed by atoms with Crippen LogP contribution in [-0.4, -0.2) is 10.2 Å². The molecule has 0 aromatic heterocycles. The maximum Gasteiger partial charge on any atom is 0.00744 e. The van der Waals surface area contributed by atoms with E-state index in [0.29, 0.717) is 5.41 Å². The van der Waals surface area contributed by atoms with E-state index in [0.717, 1.165) is 12.8 Å². The van der Waals surface area contributed by atoms with Crippen molar-refractivity contribution >= 4 is 10.2 Å². The summed E-state index contributed by atoms with van der Waals surface area (Å²) in [5.41, 5.74) is 0.395. The van der Waals surface area contributed by atoms with Crippen molar-refractivity contribution in [3.05, 3.63) is 31.4 Å². The molecule has 0 rings (SSSR count). The third-order valence-electron chi connectivity index (χ3n) is 2.74. The molecule has 0 aliphatic rings. The average molecular weight is 195 g/mol. The van der Waals surface area contributed by atoms with Gasteiger partial charge in [0, 0.05) is 10.2 Å². The summed E-state index contributed by atoms with van der Waals surface area (Å²) in [5.74, 6) is 0. The van der Waals surface area contributed by atoms with Crippen molar-refractivity contribution in [2.45, 2.75) is 39.0 Å². The molecular formula is C12H23Si. The van der Waals surface area contributed by atoms with Gasteiger partial charge in [-0.05, 0) is 30.7 Å². The van der Waals surface area contributed by atoms with E-state index in [1.165, 1.54) is 29.5 Å². The summed E-state index contributed by atoms with van der Waals surface area (Å²) in [6.45, 7) is 9.94. The highest BCUT2D eigenvalue weighted by Crippen LogP contribution is 2.35. The van der Waals surface area contributed by atoms with E-state index < -0.39 is 0 Å². The Morgan fingerprint density at radius 2 is 1.77 bits per heavy atom. The Kier molecular flexibility index (Phi) is 6.97. The van der Waals surface area contributed by atoms with E-state index in [9.17, 15) is 0 Å². The standard InChI is InChI=1S/C12H23Si/c1-4-7-10-12(11-13,8-5-2)9-6-3/h5-6,11H,2-4,7-10H2,1,13H3. The smallest absolute Gasteiger partial charge is 0.00744 e. The highest BCUT2D eigenvalue weighted by atomic mass is 28.1. The van der Waals surface area contributed by atoms with E-state index in [-0.39, 0.29) is 0 Å². The second-order valence-corrected chi connectivity index (χ2v) is 4.32. The molecular weight excluding hydrogens is 172 g/mol. The molecule has 1 heteroatoms. The van der Waals surface area contributed by atoms with Crippen LogP contribution in [0.3, 0.4) is 0 Å². The van der Waals surface area contributed by atoms with Gasteiger partial charge in [0.05, 0.1) is 0 Å². The largest absolute Gasteiger partial charge is 0.103 e. The maximum atomic E-state index is 3.84. The summed E-state index contributed by atoms with van der Waals surface area (Å²) in [6, 6.07) is 2.46. The summed E-state index contributed by atoms with van der Waals surface area (Å²) < 4.78 is 0. The van der Waals surface area contributed by atoms with Crippen LogP contribution in [0.25, 0.3) is 0 Å². The fourth-order valence-electron chi connectivity index (χ4n) is 1.77. The molecule has 0 atom stereocenters. The predicted molar refractivity (Wildman–Crippen MR) is 65.8 cm³/mol. The molecule has 75 valence electrons. The summed E-state index contributed by atoms with van der Waals surface area (Å²) >= 11 is 0. The first kappa shape index (κ1) is 12.7. The van der Waals surface area contributed by atoms with Crippen LogP contribution in [-0.2, 0) is 0 Å². The lowest BCUT2D eigenvalue weighted by Crippen LogP contribution is -2.20. The van der Waals surface area contributed by atoms with Crippen LogP contribution in [0, 0.1) is 11.5 Å². The molecule has 0 N–H and O–H groups in total. The molecule has 0 unspecified atom stereocenters. The van der Waals surface area contributed by atoms with Gasteiger partial charge in [-0.15, -0.1) is 13.2 Å². The second kappa shape index (κ2) is 7.13. The van der Waals surface area contributed by atoms with Crippen molar-refractivity contribution in [2.24, 2.45) is 5.41 Å². The fourth-order valence-corrected chi connectivity index (χ4v) is 2.53. The highest BCUT2D eigenvalue weighted by Gasteiger charge is 2.24. The van der Waals surface area contributed by atoms with Gasteiger partial charge in [-0.3, -0.25) is 0 Å². The molecule has 0 aromatic carbocycles. The third-order valence-corrected chi connectivity index (χ3v) is 3.97. The molecule has 0 aromatic rings. The van der Waals surface area contributed by atoms with Crippen molar-refractivity contribution in [1.29, 1.82) is 0 Å². The molecule has 0 amide bonds. The molecule has 13 heavy (non-hydrogen) atoms. The molecule has 0 fully saturated rings. The first-order valence-corrected chi connectivity index (χ1v) is 6.42. The van der Waals surface area contributed by atoms with Gasteiger partial charge < -0.3 is 0 Å². The first-order valence-electron chi connectivity index (χ1n) is 5.27. The monoisotopic (exact) mass is 195 g/mol. The van der Waals surface area contributed by atoms with Gasteiger partial charge >= 0.3 is 0 Å². The lowest BCUT2D eigenvalue weighted by atomic mass is 9.78. The molecule has 0 nitrogen and oxygen atoms in total. The molecule has 0 aliphatic carbocycles. The molecule has 0 heterocycles. The van der Waals surface area contributed by atoms with Gasteiger partial charge in [0.1, 0.15) is 0 Å². The summed E-state index contributed by atoms with van der Waals surface area (Å²) in [7, 11) is 1.17. The Balaban J connectivity index is 4.23. The van der Waals surface area contributed by atoms with Gasteiger partial charge in [-0.2, -0.15) is 0 Å². The first-order chi connectivity index (χ1) is 6.24. The van der Waals surface area contributed by atoms with E-state index in [4.69, 9.17) is 0 Å². The number of rotatable bonds is 8. The van der Waals surface area contributed by atoms with Gasteiger partial charge in [0.15, 0.2) is 0 Å². The van der Waals surface area contributed by atoms with Crippen LogP contribution in [0.4, 0.5) is 0 Å². The van der Waals surface area contributed by atoms with Crippen LogP contribution in [0.5, 0.6) is 0 Å². The van der Waals surface area contributed by atoms with Crippen molar-refractivity contribution in [3.8, 4) is 0 Å². The zero-order valence-electron chi connectivity index (χ0n) is 9.18. The number of hydrogen-bond acceptors (Lipinski definition) is 0. The predicted octanol–water partition coefficient (Wildman–Crippen LogP) is 2.84. The zero-order valence-corrected chi connectivity index (χ0v) is 11.2. The van der Waals surface area contributed by atoms with E-state index in [1.807, 2.05) is 12.2 Å². The minimum absolute atomic E-state index is 0.395. The Morgan fingerprint density at radius 1 is 1.23 bits per heavy atom. The Labute approximate surface area is 86.5 Å². The van der Waals surface area contributed by atoms with Gasteiger partial charge in [0.25, 0.3) is 0 Å². The lowest BCUT2D eigenvalue weighted by molar-refractivity contribution is 0.333. The average Bonchev–Trinajstić information content (AvgIpc) is 2.15. The number of hydrogen-bond donors (Lipinski definition) is 0. The quantitative estimate of drug-likeness (QED) is 0.413. The summed E-state index contributed by atoms with van der Waals surface area (Å²) in [5, 5.41) is 0. The van der Waals surface area contributed by atoms with Crippen LogP contribution >= 0.6 is 0 Å². The van der Waals surface area contributed by atoms with Crippen molar-refractivity contribution in [2.75, 3.05) is 0 Å². The summed E-state index contributed by atoms with van der Waals surface area (Å²) in [4.78, 5) is 0.